The van der Waals surface area contributed by atoms with E-state index in [4.69, 9.17) is 9.15 Å². The van der Waals surface area contributed by atoms with Gasteiger partial charge in [-0.2, -0.15) is 0 Å². The summed E-state index contributed by atoms with van der Waals surface area (Å²) in [6.45, 7) is 2.38. The molecule has 0 saturated heterocycles. The molecule has 1 heterocycles. The second kappa shape index (κ2) is 9.92. The number of rotatable bonds is 8. The Hall–Kier alpha value is -3.63. The molecule has 31 heavy (non-hydrogen) atoms. The number of hydrazine groups is 1. The molecule has 2 aromatic carbocycles. The van der Waals surface area contributed by atoms with Crippen molar-refractivity contribution < 1.29 is 27.2 Å². The predicted octanol–water partition coefficient (Wildman–Crippen LogP) is 2.23. The fraction of sp³-hybridized carbons (Fsp3) is 0.143. The topological polar surface area (TPSA) is 127 Å². The quantitative estimate of drug-likeness (QED) is 0.458. The number of ether oxygens (including phenoxy) is 1. The predicted molar refractivity (Wildman–Crippen MR) is 112 cm³/mol. The lowest BCUT2D eigenvalue weighted by atomic mass is 10.2. The molecule has 0 radical (unpaired) electrons. The Kier molecular flexibility index (Phi) is 7.06. The molecule has 2 amide bonds. The zero-order valence-electron chi connectivity index (χ0n) is 16.6. The van der Waals surface area contributed by atoms with E-state index < -0.39 is 21.8 Å². The summed E-state index contributed by atoms with van der Waals surface area (Å²) in [6.07, 6.45) is 1.45. The standard InChI is InChI=1S/C21H21N3O6S/c1-2-29-17-9-5-15(6-10-17)20(25)23-24-21(26)16-7-11-19(12-8-16)31(27,28)22-14-18-4-3-13-30-18/h3-13,22H,2,14H2,1H3,(H,23,25)(H,24,26). The minimum atomic E-state index is -3.77. The smallest absolute Gasteiger partial charge is 0.269 e. The highest BCUT2D eigenvalue weighted by atomic mass is 32.2. The van der Waals surface area contributed by atoms with Crippen LogP contribution in [0.2, 0.25) is 0 Å². The highest BCUT2D eigenvalue weighted by molar-refractivity contribution is 7.89. The Morgan fingerprint density at radius 2 is 1.48 bits per heavy atom. The van der Waals surface area contributed by atoms with Crippen molar-refractivity contribution in [1.82, 2.24) is 15.6 Å². The fourth-order valence-corrected chi connectivity index (χ4v) is 3.57. The monoisotopic (exact) mass is 443 g/mol. The normalized spacial score (nSPS) is 11.0. The van der Waals surface area contributed by atoms with Gasteiger partial charge >= 0.3 is 0 Å². The molecule has 0 unspecified atom stereocenters. The van der Waals surface area contributed by atoms with E-state index in [1.807, 2.05) is 6.92 Å². The summed E-state index contributed by atoms with van der Waals surface area (Å²) in [5.74, 6) is 0.0177. The van der Waals surface area contributed by atoms with E-state index in [-0.39, 0.29) is 17.0 Å². The Labute approximate surface area is 179 Å². The molecule has 0 aliphatic carbocycles. The van der Waals surface area contributed by atoms with Crippen molar-refractivity contribution in [3.63, 3.8) is 0 Å². The number of carbonyl (C=O) groups excluding carboxylic acids is 2. The Morgan fingerprint density at radius 3 is 2.00 bits per heavy atom. The van der Waals surface area contributed by atoms with Crippen LogP contribution in [0.4, 0.5) is 0 Å². The van der Waals surface area contributed by atoms with Crippen LogP contribution < -0.4 is 20.3 Å². The molecule has 9 nitrogen and oxygen atoms in total. The summed E-state index contributed by atoms with van der Waals surface area (Å²) in [5, 5.41) is 0. The van der Waals surface area contributed by atoms with Gasteiger partial charge < -0.3 is 9.15 Å². The fourth-order valence-electron chi connectivity index (χ4n) is 2.58. The van der Waals surface area contributed by atoms with E-state index in [0.717, 1.165) is 0 Å². The number of amides is 2. The first-order valence-electron chi connectivity index (χ1n) is 9.34. The second-order valence-electron chi connectivity index (χ2n) is 6.29. The van der Waals surface area contributed by atoms with Gasteiger partial charge in [0.1, 0.15) is 11.5 Å². The van der Waals surface area contributed by atoms with Crippen LogP contribution in [0.25, 0.3) is 0 Å². The molecule has 0 aliphatic rings. The SMILES string of the molecule is CCOc1ccc(C(=O)NNC(=O)c2ccc(S(=O)(=O)NCc3ccco3)cc2)cc1. The van der Waals surface area contributed by atoms with E-state index in [1.165, 1.54) is 30.5 Å². The van der Waals surface area contributed by atoms with E-state index in [9.17, 15) is 18.0 Å². The summed E-state index contributed by atoms with van der Waals surface area (Å²) in [5.41, 5.74) is 5.12. The second-order valence-corrected chi connectivity index (χ2v) is 8.06. The third kappa shape index (κ3) is 5.93. The van der Waals surface area contributed by atoms with E-state index in [1.54, 1.807) is 36.4 Å². The maximum atomic E-state index is 12.3. The van der Waals surface area contributed by atoms with Gasteiger partial charge in [0.25, 0.3) is 11.8 Å². The van der Waals surface area contributed by atoms with E-state index >= 15 is 0 Å². The Bertz CT molecular complexity index is 1120. The molecule has 3 aromatic rings. The van der Waals surface area contributed by atoms with Gasteiger partial charge in [0.2, 0.25) is 10.0 Å². The van der Waals surface area contributed by atoms with Crippen LogP contribution in [0.5, 0.6) is 5.75 Å². The van der Waals surface area contributed by atoms with E-state index in [0.29, 0.717) is 23.7 Å². The molecule has 3 rings (SSSR count). The molecule has 162 valence electrons. The van der Waals surface area contributed by atoms with Crippen molar-refractivity contribution >= 4 is 21.8 Å². The average molecular weight is 443 g/mol. The number of hydrogen-bond donors (Lipinski definition) is 3. The Morgan fingerprint density at radius 1 is 0.903 bits per heavy atom. The molecule has 0 saturated carbocycles. The van der Waals surface area contributed by atoms with Gasteiger partial charge in [-0.15, -0.1) is 0 Å². The van der Waals surface area contributed by atoms with Crippen LogP contribution in [-0.2, 0) is 16.6 Å². The van der Waals surface area contributed by atoms with Crippen LogP contribution in [0.15, 0.2) is 76.2 Å². The molecule has 0 fully saturated rings. The van der Waals surface area contributed by atoms with Crippen molar-refractivity contribution in [1.29, 1.82) is 0 Å². The molecule has 0 aliphatic heterocycles. The van der Waals surface area contributed by atoms with Crippen molar-refractivity contribution in [2.45, 2.75) is 18.4 Å². The number of sulfonamides is 1. The van der Waals surface area contributed by atoms with Gasteiger partial charge in [-0.3, -0.25) is 20.4 Å². The molecular formula is C21H21N3O6S. The summed E-state index contributed by atoms with van der Waals surface area (Å²) >= 11 is 0. The lowest BCUT2D eigenvalue weighted by Gasteiger charge is -2.09. The molecule has 3 N–H and O–H groups in total. The molecule has 0 atom stereocenters. The first kappa shape index (κ1) is 22.1. The number of benzene rings is 2. The van der Waals surface area contributed by atoms with Crippen molar-refractivity contribution in [2.75, 3.05) is 6.61 Å². The van der Waals surface area contributed by atoms with Crippen LogP contribution in [0.3, 0.4) is 0 Å². The molecule has 10 heteroatoms. The number of hydrogen-bond acceptors (Lipinski definition) is 6. The average Bonchev–Trinajstić information content (AvgIpc) is 3.30. The zero-order chi connectivity index (χ0) is 22.3. The molecule has 0 spiro atoms. The van der Waals surface area contributed by atoms with Crippen LogP contribution in [0.1, 0.15) is 33.4 Å². The summed E-state index contributed by atoms with van der Waals surface area (Å²) in [7, 11) is -3.77. The zero-order valence-corrected chi connectivity index (χ0v) is 17.4. The molecule has 0 bridgehead atoms. The minimum Gasteiger partial charge on any atom is -0.494 e. The number of carbonyl (C=O) groups is 2. The van der Waals surface area contributed by atoms with E-state index in [2.05, 4.69) is 15.6 Å². The summed E-state index contributed by atoms with van der Waals surface area (Å²) in [6, 6.07) is 15.0. The van der Waals surface area contributed by atoms with Crippen molar-refractivity contribution in [3.8, 4) is 5.75 Å². The van der Waals surface area contributed by atoms with Gasteiger partial charge in [-0.05, 0) is 67.6 Å². The maximum absolute atomic E-state index is 12.3. The molecule has 1 aromatic heterocycles. The lowest BCUT2D eigenvalue weighted by molar-refractivity contribution is 0.0846. The summed E-state index contributed by atoms with van der Waals surface area (Å²) in [4.78, 5) is 24.4. The van der Waals surface area contributed by atoms with Crippen molar-refractivity contribution in [2.24, 2.45) is 0 Å². The summed E-state index contributed by atoms with van der Waals surface area (Å²) < 4.78 is 37.5. The van der Waals surface area contributed by atoms with Crippen LogP contribution in [-0.4, -0.2) is 26.8 Å². The van der Waals surface area contributed by atoms with Gasteiger partial charge in [-0.1, -0.05) is 0 Å². The Balaban J connectivity index is 1.55. The van der Waals surface area contributed by atoms with Gasteiger partial charge in [0, 0.05) is 11.1 Å². The van der Waals surface area contributed by atoms with Gasteiger partial charge in [-0.25, -0.2) is 13.1 Å². The highest BCUT2D eigenvalue weighted by Gasteiger charge is 2.16. The van der Waals surface area contributed by atoms with Crippen molar-refractivity contribution in [3.05, 3.63) is 83.8 Å². The lowest BCUT2D eigenvalue weighted by Crippen LogP contribution is -2.41. The minimum absolute atomic E-state index is 0.00553. The third-order valence-corrected chi connectivity index (χ3v) is 5.58. The van der Waals surface area contributed by atoms with Crippen LogP contribution in [0, 0.1) is 0 Å². The largest absolute Gasteiger partial charge is 0.494 e. The first-order chi connectivity index (χ1) is 14.9. The first-order valence-corrected chi connectivity index (χ1v) is 10.8. The van der Waals surface area contributed by atoms with Crippen LogP contribution >= 0.6 is 0 Å². The highest BCUT2D eigenvalue weighted by Crippen LogP contribution is 2.13. The molecular weight excluding hydrogens is 422 g/mol. The third-order valence-electron chi connectivity index (χ3n) is 4.16. The number of furan rings is 1. The maximum Gasteiger partial charge on any atom is 0.269 e. The number of nitrogens with one attached hydrogen (secondary N) is 3. The van der Waals surface area contributed by atoms with Gasteiger partial charge in [0.15, 0.2) is 0 Å². The van der Waals surface area contributed by atoms with Gasteiger partial charge in [0.05, 0.1) is 24.3 Å².